The lowest BCUT2D eigenvalue weighted by atomic mass is 10.3. The molecule has 8 heavy (non-hydrogen) atoms. The summed E-state index contributed by atoms with van der Waals surface area (Å²) >= 11 is 0. The standard InChI is InChI=1S/C5H7N2O/c8-4-2-5-1-3-6-7-5/h1,8H,2,4H2,(H,6,7). The molecule has 0 bridgehead atoms. The van der Waals surface area contributed by atoms with Crippen molar-refractivity contribution < 1.29 is 5.11 Å². The zero-order valence-corrected chi connectivity index (χ0v) is 4.39. The van der Waals surface area contributed by atoms with Crippen molar-refractivity contribution in [3.63, 3.8) is 0 Å². The predicted octanol–water partition coefficient (Wildman–Crippen LogP) is -0.255. The maximum Gasteiger partial charge on any atom is 0.0831 e. The molecule has 1 aromatic heterocycles. The van der Waals surface area contributed by atoms with Crippen LogP contribution in [0.25, 0.3) is 0 Å². The third-order valence-electron chi connectivity index (χ3n) is 0.871. The summed E-state index contributed by atoms with van der Waals surface area (Å²) in [6.45, 7) is 0.151. The van der Waals surface area contributed by atoms with Crippen LogP contribution in [0.1, 0.15) is 5.69 Å². The number of hydrogen-bond acceptors (Lipinski definition) is 2. The molecule has 1 rings (SSSR count). The Bertz CT molecular complexity index is 136. The molecule has 0 unspecified atom stereocenters. The Balaban J connectivity index is 2.50. The molecule has 0 fully saturated rings. The van der Waals surface area contributed by atoms with E-state index in [1.165, 1.54) is 0 Å². The molecule has 3 heteroatoms. The van der Waals surface area contributed by atoms with E-state index in [0.717, 1.165) is 5.69 Å². The van der Waals surface area contributed by atoms with Gasteiger partial charge >= 0.3 is 0 Å². The first-order chi connectivity index (χ1) is 3.93. The molecule has 0 saturated heterocycles. The van der Waals surface area contributed by atoms with E-state index in [9.17, 15) is 0 Å². The van der Waals surface area contributed by atoms with Crippen LogP contribution >= 0.6 is 0 Å². The summed E-state index contributed by atoms with van der Waals surface area (Å²) in [6.07, 6.45) is 3.28. The van der Waals surface area contributed by atoms with E-state index in [1.807, 2.05) is 0 Å². The average Bonchev–Trinajstić information content (AvgIpc) is 2.19. The summed E-state index contributed by atoms with van der Waals surface area (Å²) in [5.41, 5.74) is 0.854. The Labute approximate surface area is 47.4 Å². The minimum absolute atomic E-state index is 0.151. The molecule has 2 N–H and O–H groups in total. The van der Waals surface area contributed by atoms with Gasteiger partial charge in [0, 0.05) is 13.0 Å². The third-order valence-corrected chi connectivity index (χ3v) is 0.871. The number of rotatable bonds is 2. The number of aromatic amines is 1. The first-order valence-electron chi connectivity index (χ1n) is 2.44. The second kappa shape index (κ2) is 2.47. The molecule has 1 aromatic rings. The number of aliphatic hydroxyl groups is 1. The highest BCUT2D eigenvalue weighted by Crippen LogP contribution is 1.89. The summed E-state index contributed by atoms with van der Waals surface area (Å²) in [5, 5.41) is 14.7. The fraction of sp³-hybridized carbons (Fsp3) is 0.400. The van der Waals surface area contributed by atoms with Crippen LogP contribution < -0.4 is 0 Å². The van der Waals surface area contributed by atoms with E-state index in [1.54, 1.807) is 6.07 Å². The third kappa shape index (κ3) is 1.07. The van der Waals surface area contributed by atoms with E-state index in [4.69, 9.17) is 5.11 Å². The van der Waals surface area contributed by atoms with Crippen molar-refractivity contribution in [3.05, 3.63) is 18.0 Å². The van der Waals surface area contributed by atoms with Crippen molar-refractivity contribution in [2.24, 2.45) is 0 Å². The largest absolute Gasteiger partial charge is 0.396 e. The number of aromatic nitrogens is 2. The summed E-state index contributed by atoms with van der Waals surface area (Å²) in [6, 6.07) is 1.72. The number of aliphatic hydroxyl groups excluding tert-OH is 1. The maximum absolute atomic E-state index is 8.37. The van der Waals surface area contributed by atoms with Gasteiger partial charge in [-0.15, -0.1) is 0 Å². The van der Waals surface area contributed by atoms with Gasteiger partial charge in [-0.3, -0.25) is 5.10 Å². The van der Waals surface area contributed by atoms with Gasteiger partial charge in [-0.2, -0.15) is 5.10 Å². The van der Waals surface area contributed by atoms with Gasteiger partial charge in [-0.1, -0.05) is 0 Å². The van der Waals surface area contributed by atoms with Crippen molar-refractivity contribution >= 4 is 0 Å². The molecule has 3 nitrogen and oxygen atoms in total. The number of hydrogen-bond donors (Lipinski definition) is 2. The van der Waals surface area contributed by atoms with Crippen LogP contribution in [0, 0.1) is 6.20 Å². The Morgan fingerprint density at radius 2 is 2.75 bits per heavy atom. The van der Waals surface area contributed by atoms with Gasteiger partial charge in [-0.05, 0) is 6.07 Å². The van der Waals surface area contributed by atoms with Gasteiger partial charge < -0.3 is 5.11 Å². The number of nitrogens with zero attached hydrogens (tertiary/aromatic N) is 1. The van der Waals surface area contributed by atoms with Crippen molar-refractivity contribution in [2.75, 3.05) is 6.61 Å². The van der Waals surface area contributed by atoms with Crippen LogP contribution in [0.4, 0.5) is 0 Å². The molecular weight excluding hydrogens is 104 g/mol. The first kappa shape index (κ1) is 5.31. The lowest BCUT2D eigenvalue weighted by Gasteiger charge is -1.84. The molecule has 0 spiro atoms. The van der Waals surface area contributed by atoms with Crippen molar-refractivity contribution in [1.29, 1.82) is 0 Å². The highest BCUT2D eigenvalue weighted by molar-refractivity contribution is 4.95. The van der Waals surface area contributed by atoms with Gasteiger partial charge in [0.2, 0.25) is 0 Å². The second-order valence-electron chi connectivity index (χ2n) is 1.48. The quantitative estimate of drug-likeness (QED) is 0.552. The molecule has 1 radical (unpaired) electrons. The Hall–Kier alpha value is -0.830. The van der Waals surface area contributed by atoms with Crippen LogP contribution in [0.5, 0.6) is 0 Å². The van der Waals surface area contributed by atoms with Crippen LogP contribution in [-0.2, 0) is 6.42 Å². The zero-order valence-electron chi connectivity index (χ0n) is 4.39. The monoisotopic (exact) mass is 111 g/mol. The fourth-order valence-electron chi connectivity index (χ4n) is 0.495. The molecule has 0 aliphatic heterocycles. The fourth-order valence-corrected chi connectivity index (χ4v) is 0.495. The molecule has 0 saturated carbocycles. The summed E-state index contributed by atoms with van der Waals surface area (Å²) in [4.78, 5) is 0. The Morgan fingerprint density at radius 3 is 3.25 bits per heavy atom. The van der Waals surface area contributed by atoms with Gasteiger partial charge in [0.15, 0.2) is 0 Å². The minimum atomic E-state index is 0.151. The predicted molar refractivity (Wildman–Crippen MR) is 28.2 cm³/mol. The van der Waals surface area contributed by atoms with Gasteiger partial charge in [0.25, 0.3) is 0 Å². The van der Waals surface area contributed by atoms with E-state index >= 15 is 0 Å². The summed E-state index contributed by atoms with van der Waals surface area (Å²) < 4.78 is 0. The highest BCUT2D eigenvalue weighted by atomic mass is 16.3. The van der Waals surface area contributed by atoms with Crippen molar-refractivity contribution in [1.82, 2.24) is 10.2 Å². The molecule has 0 amide bonds. The normalized spacial score (nSPS) is 9.62. The number of H-pyrrole nitrogens is 1. The zero-order chi connectivity index (χ0) is 5.82. The minimum Gasteiger partial charge on any atom is -0.396 e. The lowest BCUT2D eigenvalue weighted by Crippen LogP contribution is -1.89. The lowest BCUT2D eigenvalue weighted by molar-refractivity contribution is 0.298. The van der Waals surface area contributed by atoms with Crippen molar-refractivity contribution in [2.45, 2.75) is 6.42 Å². The molecule has 1 heterocycles. The highest BCUT2D eigenvalue weighted by Gasteiger charge is 1.89. The van der Waals surface area contributed by atoms with E-state index in [0.29, 0.717) is 6.42 Å². The average molecular weight is 111 g/mol. The summed E-state index contributed by atoms with van der Waals surface area (Å²) in [5.74, 6) is 0. The Kier molecular flexibility index (Phi) is 1.64. The molecule has 0 atom stereocenters. The van der Waals surface area contributed by atoms with Crippen molar-refractivity contribution in [3.8, 4) is 0 Å². The van der Waals surface area contributed by atoms with Gasteiger partial charge in [-0.25, -0.2) is 0 Å². The smallest absolute Gasteiger partial charge is 0.0831 e. The van der Waals surface area contributed by atoms with Gasteiger partial charge in [0.1, 0.15) is 0 Å². The van der Waals surface area contributed by atoms with Crippen LogP contribution in [0.2, 0.25) is 0 Å². The molecular formula is C5H7N2O. The SMILES string of the molecule is OCCc1c[c][nH]n1. The van der Waals surface area contributed by atoms with E-state index < -0.39 is 0 Å². The second-order valence-corrected chi connectivity index (χ2v) is 1.48. The molecule has 43 valence electrons. The molecule has 0 aliphatic carbocycles. The maximum atomic E-state index is 8.37. The molecule has 0 aromatic carbocycles. The number of nitrogens with one attached hydrogen (secondary N) is 1. The van der Waals surface area contributed by atoms with Crippen LogP contribution in [-0.4, -0.2) is 21.9 Å². The molecule has 0 aliphatic rings. The first-order valence-corrected chi connectivity index (χ1v) is 2.44. The van der Waals surface area contributed by atoms with Gasteiger partial charge in [0.05, 0.1) is 11.9 Å². The summed E-state index contributed by atoms with van der Waals surface area (Å²) in [7, 11) is 0. The topological polar surface area (TPSA) is 48.9 Å². The van der Waals surface area contributed by atoms with E-state index in [2.05, 4.69) is 16.4 Å². The van der Waals surface area contributed by atoms with Crippen LogP contribution in [0.3, 0.4) is 0 Å². The van der Waals surface area contributed by atoms with Crippen LogP contribution in [0.15, 0.2) is 6.07 Å². The Morgan fingerprint density at radius 1 is 1.88 bits per heavy atom. The van der Waals surface area contributed by atoms with E-state index in [-0.39, 0.29) is 6.61 Å².